The van der Waals surface area contributed by atoms with E-state index in [4.69, 9.17) is 21.4 Å². The molecule has 0 atom stereocenters. The zero-order chi connectivity index (χ0) is 12.1. The van der Waals surface area contributed by atoms with Gasteiger partial charge in [-0.2, -0.15) is 0 Å². The number of pyridine rings is 1. The number of benzene rings is 1. The van der Waals surface area contributed by atoms with Crippen LogP contribution in [0.1, 0.15) is 5.56 Å². The summed E-state index contributed by atoms with van der Waals surface area (Å²) in [5, 5.41) is 9.36. The number of para-hydroxylation sites is 1. The van der Waals surface area contributed by atoms with E-state index >= 15 is 0 Å². The summed E-state index contributed by atoms with van der Waals surface area (Å²) in [6.07, 6.45) is 2.15. The van der Waals surface area contributed by atoms with Crippen LogP contribution in [-0.4, -0.2) is 16.7 Å². The Hall–Kier alpha value is -1.58. The summed E-state index contributed by atoms with van der Waals surface area (Å²) in [6, 6.07) is 11.0. The zero-order valence-electron chi connectivity index (χ0n) is 9.14. The number of ether oxygens (including phenoxy) is 1. The van der Waals surface area contributed by atoms with Gasteiger partial charge >= 0.3 is 0 Å². The predicted molar refractivity (Wildman–Crippen MR) is 66.6 cm³/mol. The van der Waals surface area contributed by atoms with Gasteiger partial charge in [-0.3, -0.25) is 0 Å². The highest BCUT2D eigenvalue weighted by molar-refractivity contribution is 6.29. The lowest BCUT2D eigenvalue weighted by atomic mass is 10.1. The molecule has 1 aromatic carbocycles. The molecule has 0 saturated heterocycles. The van der Waals surface area contributed by atoms with E-state index in [1.165, 1.54) is 0 Å². The minimum atomic E-state index is 0.0947. The summed E-state index contributed by atoms with van der Waals surface area (Å²) >= 11 is 5.78. The molecule has 0 spiro atoms. The van der Waals surface area contributed by atoms with Gasteiger partial charge in [0.15, 0.2) is 0 Å². The van der Waals surface area contributed by atoms with Gasteiger partial charge in [0, 0.05) is 18.9 Å². The van der Waals surface area contributed by atoms with Gasteiger partial charge in [-0.05, 0) is 24.1 Å². The number of halogens is 1. The second-order valence-electron chi connectivity index (χ2n) is 3.50. The Morgan fingerprint density at radius 2 is 2.06 bits per heavy atom. The van der Waals surface area contributed by atoms with Crippen molar-refractivity contribution in [1.29, 1.82) is 0 Å². The fraction of sp³-hybridized carbons (Fsp3) is 0.154. The van der Waals surface area contributed by atoms with Crippen LogP contribution < -0.4 is 4.74 Å². The first-order valence-electron chi connectivity index (χ1n) is 5.28. The molecular weight excluding hydrogens is 238 g/mol. The van der Waals surface area contributed by atoms with E-state index in [2.05, 4.69) is 4.98 Å². The molecule has 0 amide bonds. The Kier molecular flexibility index (Phi) is 3.96. The Morgan fingerprint density at radius 3 is 2.82 bits per heavy atom. The maximum absolute atomic E-state index is 8.97. The van der Waals surface area contributed by atoms with E-state index in [0.717, 1.165) is 11.3 Å². The van der Waals surface area contributed by atoms with Gasteiger partial charge in [-0.15, -0.1) is 0 Å². The highest BCUT2D eigenvalue weighted by Crippen LogP contribution is 2.26. The molecule has 0 aliphatic rings. The Labute approximate surface area is 105 Å². The first-order valence-corrected chi connectivity index (χ1v) is 5.65. The molecule has 0 aliphatic heterocycles. The van der Waals surface area contributed by atoms with Gasteiger partial charge < -0.3 is 9.84 Å². The first kappa shape index (κ1) is 11.9. The average Bonchev–Trinajstić information content (AvgIpc) is 2.32. The Morgan fingerprint density at radius 1 is 1.24 bits per heavy atom. The highest BCUT2D eigenvalue weighted by atomic mass is 35.5. The molecule has 2 aromatic rings. The summed E-state index contributed by atoms with van der Waals surface area (Å²) in [5.74, 6) is 1.36. The molecule has 0 aliphatic carbocycles. The number of rotatable bonds is 4. The first-order chi connectivity index (χ1) is 8.29. The monoisotopic (exact) mass is 249 g/mol. The molecule has 3 nitrogen and oxygen atoms in total. The second kappa shape index (κ2) is 5.66. The van der Waals surface area contributed by atoms with Crippen molar-refractivity contribution in [3.8, 4) is 11.5 Å². The topological polar surface area (TPSA) is 42.4 Å². The van der Waals surface area contributed by atoms with Crippen LogP contribution in [-0.2, 0) is 6.42 Å². The molecule has 17 heavy (non-hydrogen) atoms. The quantitative estimate of drug-likeness (QED) is 0.847. The van der Waals surface area contributed by atoms with Crippen LogP contribution >= 0.6 is 11.6 Å². The third kappa shape index (κ3) is 3.19. The number of aromatic nitrogens is 1. The number of aliphatic hydroxyl groups excluding tert-OH is 1. The van der Waals surface area contributed by atoms with Gasteiger partial charge in [0.1, 0.15) is 16.7 Å². The van der Waals surface area contributed by atoms with Gasteiger partial charge in [0.2, 0.25) is 0 Å². The lowest BCUT2D eigenvalue weighted by molar-refractivity contribution is 0.298. The van der Waals surface area contributed by atoms with E-state index in [1.807, 2.05) is 24.3 Å². The maximum Gasteiger partial charge on any atom is 0.132 e. The van der Waals surface area contributed by atoms with Crippen LogP contribution in [0.25, 0.3) is 0 Å². The fourth-order valence-electron chi connectivity index (χ4n) is 1.51. The molecule has 2 rings (SSSR count). The van der Waals surface area contributed by atoms with Crippen LogP contribution in [0.15, 0.2) is 42.6 Å². The summed E-state index contributed by atoms with van der Waals surface area (Å²) in [6.45, 7) is 0.0947. The molecule has 1 heterocycles. The van der Waals surface area contributed by atoms with Crippen molar-refractivity contribution >= 4 is 11.6 Å². The summed E-state index contributed by atoms with van der Waals surface area (Å²) in [4.78, 5) is 3.89. The summed E-state index contributed by atoms with van der Waals surface area (Å²) in [7, 11) is 0. The summed E-state index contributed by atoms with van der Waals surface area (Å²) in [5.41, 5.74) is 0.961. The van der Waals surface area contributed by atoms with Crippen LogP contribution in [0, 0.1) is 0 Å². The standard InChI is InChI=1S/C13H12ClNO2/c14-13-9-11(5-7-15-13)17-12-4-2-1-3-10(12)6-8-16/h1-5,7,9,16H,6,8H2. The van der Waals surface area contributed by atoms with Crippen LogP contribution in [0.2, 0.25) is 5.15 Å². The van der Waals surface area contributed by atoms with Crippen molar-refractivity contribution in [2.24, 2.45) is 0 Å². The second-order valence-corrected chi connectivity index (χ2v) is 3.88. The lowest BCUT2D eigenvalue weighted by Gasteiger charge is -2.10. The van der Waals surface area contributed by atoms with E-state index < -0.39 is 0 Å². The minimum Gasteiger partial charge on any atom is -0.457 e. The van der Waals surface area contributed by atoms with E-state index in [1.54, 1.807) is 18.3 Å². The van der Waals surface area contributed by atoms with Crippen LogP contribution in [0.5, 0.6) is 11.5 Å². The third-order valence-corrected chi connectivity index (χ3v) is 2.49. The molecule has 1 N–H and O–H groups in total. The third-order valence-electron chi connectivity index (χ3n) is 2.28. The van der Waals surface area contributed by atoms with E-state index in [0.29, 0.717) is 17.3 Å². The van der Waals surface area contributed by atoms with E-state index in [-0.39, 0.29) is 6.61 Å². The fourth-order valence-corrected chi connectivity index (χ4v) is 1.67. The average molecular weight is 250 g/mol. The van der Waals surface area contributed by atoms with Crippen molar-refractivity contribution in [3.63, 3.8) is 0 Å². The molecule has 88 valence electrons. The lowest BCUT2D eigenvalue weighted by Crippen LogP contribution is -1.95. The van der Waals surface area contributed by atoms with Gasteiger partial charge in [0.05, 0.1) is 0 Å². The number of aliphatic hydroxyl groups is 1. The summed E-state index contributed by atoms with van der Waals surface area (Å²) < 4.78 is 5.71. The minimum absolute atomic E-state index is 0.0947. The molecular formula is C13H12ClNO2. The highest BCUT2D eigenvalue weighted by Gasteiger charge is 2.04. The van der Waals surface area contributed by atoms with Gasteiger partial charge in [-0.25, -0.2) is 4.98 Å². The molecule has 0 unspecified atom stereocenters. The molecule has 0 saturated carbocycles. The van der Waals surface area contributed by atoms with Crippen molar-refractivity contribution in [1.82, 2.24) is 4.98 Å². The number of hydrogen-bond donors (Lipinski definition) is 1. The van der Waals surface area contributed by atoms with Gasteiger partial charge in [-0.1, -0.05) is 29.8 Å². The van der Waals surface area contributed by atoms with Crippen LogP contribution in [0.3, 0.4) is 0 Å². The van der Waals surface area contributed by atoms with Crippen molar-refractivity contribution in [2.45, 2.75) is 6.42 Å². The molecule has 0 fully saturated rings. The maximum atomic E-state index is 8.97. The molecule has 4 heteroatoms. The predicted octanol–water partition coefficient (Wildman–Crippen LogP) is 3.06. The number of hydrogen-bond acceptors (Lipinski definition) is 3. The Bertz CT molecular complexity index is 502. The number of nitrogens with zero attached hydrogens (tertiary/aromatic N) is 1. The normalized spacial score (nSPS) is 10.2. The largest absolute Gasteiger partial charge is 0.457 e. The molecule has 0 radical (unpaired) electrons. The zero-order valence-corrected chi connectivity index (χ0v) is 9.89. The van der Waals surface area contributed by atoms with Gasteiger partial charge in [0.25, 0.3) is 0 Å². The SMILES string of the molecule is OCCc1ccccc1Oc1ccnc(Cl)c1. The van der Waals surface area contributed by atoms with Crippen molar-refractivity contribution < 1.29 is 9.84 Å². The van der Waals surface area contributed by atoms with Crippen molar-refractivity contribution in [3.05, 3.63) is 53.3 Å². The Balaban J connectivity index is 2.23. The van der Waals surface area contributed by atoms with Crippen molar-refractivity contribution in [2.75, 3.05) is 6.61 Å². The molecule has 0 bridgehead atoms. The van der Waals surface area contributed by atoms with Crippen LogP contribution in [0.4, 0.5) is 0 Å². The van der Waals surface area contributed by atoms with E-state index in [9.17, 15) is 0 Å². The molecule has 1 aromatic heterocycles. The smallest absolute Gasteiger partial charge is 0.132 e.